The van der Waals surface area contributed by atoms with Crippen LogP contribution in [0, 0.1) is 5.41 Å². The maximum absolute atomic E-state index is 9.38. The molecule has 0 bridgehead atoms. The van der Waals surface area contributed by atoms with E-state index in [1.54, 1.807) is 0 Å². The number of aliphatic hydroxyl groups excluding tert-OH is 1. The predicted octanol–water partition coefficient (Wildman–Crippen LogP) is 2.43. The first-order valence-corrected chi connectivity index (χ1v) is 7.36. The lowest BCUT2D eigenvalue weighted by Gasteiger charge is -2.21. The zero-order chi connectivity index (χ0) is 13.3. The summed E-state index contributed by atoms with van der Waals surface area (Å²) in [6.07, 6.45) is 4.41. The van der Waals surface area contributed by atoms with E-state index in [0.717, 1.165) is 44.6 Å². The van der Waals surface area contributed by atoms with Gasteiger partial charge < -0.3 is 15.2 Å². The van der Waals surface area contributed by atoms with Crippen LogP contribution in [0.1, 0.15) is 43.4 Å². The summed E-state index contributed by atoms with van der Waals surface area (Å²) in [5.74, 6) is 1.05. The Morgan fingerprint density at radius 2 is 2.26 bits per heavy atom. The standard InChI is InChI=1S/C16H23NO2/c1-2-14(17-10-16(11-18)6-7-16)12-3-4-15-13(9-12)5-8-19-15/h3-4,9,14,17-18H,2,5-8,10-11H2,1H3. The molecule has 0 spiro atoms. The number of hydrogen-bond donors (Lipinski definition) is 2. The van der Waals surface area contributed by atoms with Crippen LogP contribution < -0.4 is 10.1 Å². The van der Waals surface area contributed by atoms with Crippen LogP contribution in [-0.4, -0.2) is 24.9 Å². The molecule has 3 rings (SSSR count). The lowest BCUT2D eigenvalue weighted by molar-refractivity contribution is 0.203. The average molecular weight is 261 g/mol. The number of aliphatic hydroxyl groups is 1. The first-order chi connectivity index (χ1) is 9.26. The molecule has 1 aliphatic carbocycles. The SMILES string of the molecule is CCC(NCC1(CO)CC1)c1ccc2c(c1)CCO2. The molecule has 3 nitrogen and oxygen atoms in total. The second-order valence-electron chi connectivity index (χ2n) is 5.97. The summed E-state index contributed by atoms with van der Waals surface area (Å²) in [5, 5.41) is 13.0. The Morgan fingerprint density at radius 1 is 1.42 bits per heavy atom. The fraction of sp³-hybridized carbons (Fsp3) is 0.625. The molecule has 0 saturated heterocycles. The van der Waals surface area contributed by atoms with E-state index in [2.05, 4.69) is 30.4 Å². The van der Waals surface area contributed by atoms with E-state index < -0.39 is 0 Å². The minimum atomic E-state index is 0.174. The van der Waals surface area contributed by atoms with Crippen LogP contribution in [0.5, 0.6) is 5.75 Å². The minimum absolute atomic E-state index is 0.174. The Hall–Kier alpha value is -1.06. The van der Waals surface area contributed by atoms with Crippen LogP contribution in [0.4, 0.5) is 0 Å². The summed E-state index contributed by atoms with van der Waals surface area (Å²) < 4.78 is 5.55. The topological polar surface area (TPSA) is 41.5 Å². The molecule has 19 heavy (non-hydrogen) atoms. The summed E-state index contributed by atoms with van der Waals surface area (Å²) in [7, 11) is 0. The number of benzene rings is 1. The molecule has 2 aliphatic rings. The van der Waals surface area contributed by atoms with Crippen molar-refractivity contribution >= 4 is 0 Å². The monoisotopic (exact) mass is 261 g/mol. The number of nitrogens with one attached hydrogen (secondary N) is 1. The van der Waals surface area contributed by atoms with E-state index in [9.17, 15) is 5.11 Å². The zero-order valence-electron chi connectivity index (χ0n) is 11.6. The van der Waals surface area contributed by atoms with Crippen LogP contribution in [-0.2, 0) is 6.42 Å². The van der Waals surface area contributed by atoms with Crippen LogP contribution in [0.25, 0.3) is 0 Å². The van der Waals surface area contributed by atoms with E-state index in [1.165, 1.54) is 11.1 Å². The van der Waals surface area contributed by atoms with Crippen molar-refractivity contribution in [2.24, 2.45) is 5.41 Å². The summed E-state index contributed by atoms with van der Waals surface area (Å²) in [4.78, 5) is 0. The van der Waals surface area contributed by atoms with Crippen LogP contribution >= 0.6 is 0 Å². The Morgan fingerprint density at radius 3 is 2.95 bits per heavy atom. The van der Waals surface area contributed by atoms with Crippen molar-refractivity contribution in [3.63, 3.8) is 0 Å². The van der Waals surface area contributed by atoms with Gasteiger partial charge in [0.2, 0.25) is 0 Å². The highest BCUT2D eigenvalue weighted by Gasteiger charge is 2.41. The molecule has 0 radical (unpaired) electrons. The maximum atomic E-state index is 9.38. The van der Waals surface area contributed by atoms with Gasteiger partial charge in [-0.05, 0) is 36.5 Å². The van der Waals surface area contributed by atoms with Gasteiger partial charge in [0.05, 0.1) is 6.61 Å². The molecule has 1 aromatic carbocycles. The van der Waals surface area contributed by atoms with Crippen LogP contribution in [0.15, 0.2) is 18.2 Å². The molecule has 3 heteroatoms. The normalized spacial score (nSPS) is 20.7. The van der Waals surface area contributed by atoms with Crippen molar-refractivity contribution in [2.75, 3.05) is 19.8 Å². The van der Waals surface area contributed by atoms with Crippen molar-refractivity contribution in [2.45, 2.75) is 38.6 Å². The minimum Gasteiger partial charge on any atom is -0.493 e. The summed E-state index contributed by atoms with van der Waals surface area (Å²) in [5.41, 5.74) is 2.86. The van der Waals surface area contributed by atoms with Gasteiger partial charge in [-0.25, -0.2) is 0 Å². The van der Waals surface area contributed by atoms with E-state index in [1.807, 2.05) is 0 Å². The zero-order valence-corrected chi connectivity index (χ0v) is 11.6. The number of ether oxygens (including phenoxy) is 1. The molecule has 1 aliphatic heterocycles. The molecule has 1 heterocycles. The van der Waals surface area contributed by atoms with Gasteiger partial charge in [0.1, 0.15) is 5.75 Å². The Bertz CT molecular complexity index is 454. The van der Waals surface area contributed by atoms with Gasteiger partial charge in [0.25, 0.3) is 0 Å². The maximum Gasteiger partial charge on any atom is 0.122 e. The van der Waals surface area contributed by atoms with Crippen LogP contribution in [0.2, 0.25) is 0 Å². The Balaban J connectivity index is 1.68. The number of rotatable bonds is 6. The third-order valence-corrected chi connectivity index (χ3v) is 4.54. The van der Waals surface area contributed by atoms with Crippen LogP contribution in [0.3, 0.4) is 0 Å². The van der Waals surface area contributed by atoms with Gasteiger partial charge in [-0.3, -0.25) is 0 Å². The molecular weight excluding hydrogens is 238 g/mol. The highest BCUT2D eigenvalue weighted by atomic mass is 16.5. The Kier molecular flexibility index (Phi) is 3.50. The number of hydrogen-bond acceptors (Lipinski definition) is 3. The first-order valence-electron chi connectivity index (χ1n) is 7.36. The fourth-order valence-electron chi connectivity index (χ4n) is 2.83. The second-order valence-corrected chi connectivity index (χ2v) is 5.97. The lowest BCUT2D eigenvalue weighted by atomic mass is 9.99. The average Bonchev–Trinajstić information content (AvgIpc) is 3.08. The van der Waals surface area contributed by atoms with Gasteiger partial charge in [-0.15, -0.1) is 0 Å². The van der Waals surface area contributed by atoms with Crippen molar-refractivity contribution in [3.8, 4) is 5.75 Å². The van der Waals surface area contributed by atoms with E-state index >= 15 is 0 Å². The number of fused-ring (bicyclic) bond motifs is 1. The predicted molar refractivity (Wildman–Crippen MR) is 75.4 cm³/mol. The molecule has 0 aromatic heterocycles. The summed E-state index contributed by atoms with van der Waals surface area (Å²) in [6, 6.07) is 6.93. The molecule has 1 fully saturated rings. The van der Waals surface area contributed by atoms with E-state index in [0.29, 0.717) is 12.6 Å². The third kappa shape index (κ3) is 2.63. The van der Waals surface area contributed by atoms with Gasteiger partial charge >= 0.3 is 0 Å². The van der Waals surface area contributed by atoms with Gasteiger partial charge in [-0.1, -0.05) is 19.1 Å². The van der Waals surface area contributed by atoms with Gasteiger partial charge in [0.15, 0.2) is 0 Å². The smallest absolute Gasteiger partial charge is 0.122 e. The second kappa shape index (κ2) is 5.14. The lowest BCUT2D eigenvalue weighted by Crippen LogP contribution is -2.30. The molecule has 2 N–H and O–H groups in total. The van der Waals surface area contributed by atoms with Crippen molar-refractivity contribution in [3.05, 3.63) is 29.3 Å². The quantitative estimate of drug-likeness (QED) is 0.826. The largest absolute Gasteiger partial charge is 0.493 e. The van der Waals surface area contributed by atoms with Gasteiger partial charge in [-0.2, -0.15) is 0 Å². The molecule has 0 amide bonds. The summed E-state index contributed by atoms with van der Waals surface area (Å²) >= 11 is 0. The van der Waals surface area contributed by atoms with E-state index in [-0.39, 0.29) is 5.41 Å². The molecule has 104 valence electrons. The first kappa shape index (κ1) is 12.9. The highest BCUT2D eigenvalue weighted by molar-refractivity contribution is 5.40. The van der Waals surface area contributed by atoms with Crippen molar-refractivity contribution < 1.29 is 9.84 Å². The molecule has 1 saturated carbocycles. The van der Waals surface area contributed by atoms with Crippen molar-refractivity contribution in [1.82, 2.24) is 5.32 Å². The molecule has 1 aromatic rings. The fourth-order valence-corrected chi connectivity index (χ4v) is 2.83. The van der Waals surface area contributed by atoms with Crippen molar-refractivity contribution in [1.29, 1.82) is 0 Å². The molecule has 1 unspecified atom stereocenters. The van der Waals surface area contributed by atoms with E-state index in [4.69, 9.17) is 4.74 Å². The third-order valence-electron chi connectivity index (χ3n) is 4.54. The summed E-state index contributed by atoms with van der Waals surface area (Å²) in [6.45, 7) is 4.26. The highest BCUT2D eigenvalue weighted by Crippen LogP contribution is 2.44. The molecular formula is C16H23NO2. The van der Waals surface area contributed by atoms with Gasteiger partial charge in [0, 0.05) is 31.0 Å². The molecule has 1 atom stereocenters. The Labute approximate surface area is 115 Å².